The molecule has 0 aromatic heterocycles. The Morgan fingerprint density at radius 3 is 1.50 bits per heavy atom. The van der Waals surface area contributed by atoms with E-state index in [2.05, 4.69) is 99.9 Å². The van der Waals surface area contributed by atoms with Crippen LogP contribution in [0.15, 0.2) is 24.3 Å². The second-order valence-electron chi connectivity index (χ2n) is 4.99. The van der Waals surface area contributed by atoms with Gasteiger partial charge in [0, 0.05) is 5.02 Å². The molecule has 0 amide bonds. The first-order valence-corrected chi connectivity index (χ1v) is 30.2. The third-order valence-corrected chi connectivity index (χ3v) is 3.79. The second-order valence-corrected chi connectivity index (χ2v) is 52.9. The van der Waals surface area contributed by atoms with E-state index in [1.807, 2.05) is 19.9 Å². The van der Waals surface area contributed by atoms with Crippen molar-refractivity contribution >= 4 is 123 Å². The van der Waals surface area contributed by atoms with Crippen LogP contribution in [0.4, 0.5) is 8.78 Å². The zero-order valence-electron chi connectivity index (χ0n) is 14.6. The van der Waals surface area contributed by atoms with Gasteiger partial charge in [-0.2, -0.15) is 0 Å². The van der Waals surface area contributed by atoms with E-state index in [9.17, 15) is 8.78 Å². The SMILES string of the molecule is C.Cc1cc(C)cc(F)c1.Cc1cc(F)c(Cl)c(C)c1Cl.[I][V]([I])[I].[I][V][I]. The van der Waals surface area contributed by atoms with Gasteiger partial charge in [-0.25, -0.2) is 8.78 Å². The van der Waals surface area contributed by atoms with Crippen LogP contribution in [0.1, 0.15) is 29.7 Å². The summed E-state index contributed by atoms with van der Waals surface area (Å²) in [7, 11) is 0.628. The average Bonchev–Trinajstić information content (AvgIpc) is 2.50. The Bertz CT molecular complexity index is 628. The van der Waals surface area contributed by atoms with Crippen molar-refractivity contribution in [3.8, 4) is 0 Å². The maximum atomic E-state index is 12.8. The quantitative estimate of drug-likeness (QED) is 0.182. The molecule has 0 fully saturated rings. The molecule has 0 aliphatic carbocycles. The Labute approximate surface area is 244 Å². The number of rotatable bonds is 0. The molecule has 0 N–H and O–H groups in total. The summed E-state index contributed by atoms with van der Waals surface area (Å²) in [6.45, 7) is 7.21. The average molecular weight is 1070 g/mol. The molecular formula is C17H20Cl2F2I5V2. The molecule has 0 unspecified atom stereocenters. The number of benzene rings is 2. The van der Waals surface area contributed by atoms with Crippen LogP contribution in [-0.2, 0) is 14.4 Å². The van der Waals surface area contributed by atoms with Crippen molar-refractivity contribution in [3.05, 3.63) is 68.2 Å². The van der Waals surface area contributed by atoms with Gasteiger partial charge in [-0.05, 0) is 68.1 Å². The summed E-state index contributed by atoms with van der Waals surface area (Å²) in [5.41, 5.74) is 3.27. The van der Waals surface area contributed by atoms with Gasteiger partial charge in [0.15, 0.2) is 0 Å². The number of halogens is 9. The molecule has 28 heavy (non-hydrogen) atoms. The fourth-order valence-corrected chi connectivity index (χ4v) is 2.15. The van der Waals surface area contributed by atoms with Crippen LogP contribution in [-0.4, -0.2) is 0 Å². The van der Waals surface area contributed by atoms with Gasteiger partial charge in [0.1, 0.15) is 11.6 Å². The van der Waals surface area contributed by atoms with Crippen molar-refractivity contribution in [1.29, 1.82) is 0 Å². The van der Waals surface area contributed by atoms with Gasteiger partial charge >= 0.3 is 114 Å². The Kier molecular flexibility index (Phi) is 27.5. The van der Waals surface area contributed by atoms with Crippen LogP contribution < -0.4 is 0 Å². The Hall–Kier alpha value is 3.70. The third kappa shape index (κ3) is 19.2. The van der Waals surface area contributed by atoms with E-state index in [4.69, 9.17) is 23.2 Å². The molecule has 0 nitrogen and oxygen atoms in total. The zero-order valence-corrected chi connectivity index (χ0v) is 29.7. The Balaban J connectivity index is -0.000000331. The molecule has 2 rings (SSSR count). The van der Waals surface area contributed by atoms with Crippen molar-refractivity contribution in [3.63, 3.8) is 0 Å². The molecule has 11 heteroatoms. The van der Waals surface area contributed by atoms with Crippen LogP contribution >= 0.6 is 123 Å². The number of hydrogen-bond donors (Lipinski definition) is 0. The molecule has 0 radical (unpaired) electrons. The first-order valence-electron chi connectivity index (χ1n) is 6.91. The van der Waals surface area contributed by atoms with Crippen LogP contribution in [0.5, 0.6) is 0 Å². The first kappa shape index (κ1) is 36.3. The van der Waals surface area contributed by atoms with Gasteiger partial charge in [-0.3, -0.25) is 0 Å². The van der Waals surface area contributed by atoms with Gasteiger partial charge < -0.3 is 0 Å². The normalized spacial score (nSPS) is 8.93. The summed E-state index contributed by atoms with van der Waals surface area (Å²) >= 11 is 23.5. The molecular weight excluding hydrogens is 1050 g/mol. The molecule has 2 aromatic rings. The standard InChI is InChI=1S/C8H7Cl2F.C8H9F.CH4.5HI.2V/c1-4-3-6(11)8(10)5(2)7(4)9;1-6-3-7(2)5-8(9)4-6;;;;;;;;/h3H,1-2H3;3-5H,1-2H3;1H4;5*1H;;/q;;;;;;;;+2;+3/p-5. The minimum absolute atomic E-state index is 0. The molecule has 0 saturated heterocycles. The predicted octanol–water partition coefficient (Wildman–Crippen LogP) is 11.3. The van der Waals surface area contributed by atoms with Crippen molar-refractivity contribution in [2.45, 2.75) is 35.1 Å². The van der Waals surface area contributed by atoms with E-state index in [1.165, 1.54) is 18.2 Å². The summed E-state index contributed by atoms with van der Waals surface area (Å²) in [5, 5.41) is 0.650. The van der Waals surface area contributed by atoms with E-state index in [1.54, 1.807) is 13.8 Å². The van der Waals surface area contributed by atoms with Crippen LogP contribution in [0, 0.1) is 39.3 Å². The van der Waals surface area contributed by atoms with Crippen molar-refractivity contribution < 1.29 is 23.2 Å². The topological polar surface area (TPSA) is 0 Å². The van der Waals surface area contributed by atoms with Crippen molar-refractivity contribution in [2.24, 2.45) is 0 Å². The number of hydrogen-bond acceptors (Lipinski definition) is 0. The molecule has 0 aliphatic heterocycles. The molecule has 0 aliphatic rings. The summed E-state index contributed by atoms with van der Waals surface area (Å²) in [5.74, 6) is -0.557. The summed E-state index contributed by atoms with van der Waals surface area (Å²) < 4.78 is 25.3. The zero-order chi connectivity index (χ0) is 21.7. The van der Waals surface area contributed by atoms with E-state index in [0.29, 0.717) is 25.6 Å². The van der Waals surface area contributed by atoms with Crippen LogP contribution in [0.3, 0.4) is 0 Å². The molecule has 0 bridgehead atoms. The van der Waals surface area contributed by atoms with E-state index < -0.39 is 5.82 Å². The van der Waals surface area contributed by atoms with Gasteiger partial charge in [0.25, 0.3) is 0 Å². The van der Waals surface area contributed by atoms with E-state index >= 15 is 0 Å². The summed E-state index contributed by atoms with van der Waals surface area (Å²) in [6.07, 6.45) is 0. The molecule has 161 valence electrons. The number of aryl methyl sites for hydroxylation is 3. The Morgan fingerprint density at radius 2 is 1.18 bits per heavy atom. The fourth-order valence-electron chi connectivity index (χ4n) is 1.81. The molecule has 0 heterocycles. The molecule has 0 spiro atoms. The molecule has 0 atom stereocenters. The van der Waals surface area contributed by atoms with Crippen molar-refractivity contribution in [2.75, 3.05) is 0 Å². The van der Waals surface area contributed by atoms with E-state index in [-0.39, 0.29) is 23.2 Å². The van der Waals surface area contributed by atoms with Gasteiger partial charge in [-0.15, -0.1) is 0 Å². The van der Waals surface area contributed by atoms with Crippen molar-refractivity contribution in [1.82, 2.24) is 0 Å². The summed E-state index contributed by atoms with van der Waals surface area (Å²) in [4.78, 5) is -0.278. The van der Waals surface area contributed by atoms with Gasteiger partial charge in [0.2, 0.25) is 0 Å². The van der Waals surface area contributed by atoms with E-state index in [0.717, 1.165) is 11.1 Å². The second kappa shape index (κ2) is 21.2. The molecule has 2 aromatic carbocycles. The monoisotopic (exact) mass is 1070 g/mol. The fraction of sp³-hybridized carbons (Fsp3) is 0.294. The third-order valence-electron chi connectivity index (χ3n) is 2.74. The van der Waals surface area contributed by atoms with Crippen LogP contribution in [0.25, 0.3) is 0 Å². The first-order chi connectivity index (χ1) is 12.4. The predicted molar refractivity (Wildman–Crippen MR) is 159 cm³/mol. The Morgan fingerprint density at radius 1 is 0.821 bits per heavy atom. The minimum atomic E-state index is -0.411. The van der Waals surface area contributed by atoms with Gasteiger partial charge in [-0.1, -0.05) is 36.7 Å². The maximum absolute atomic E-state index is 12.8. The molecule has 0 saturated carbocycles. The van der Waals surface area contributed by atoms with Gasteiger partial charge in [0.05, 0.1) is 5.02 Å². The summed E-state index contributed by atoms with van der Waals surface area (Å²) in [6, 6.07) is 6.32. The van der Waals surface area contributed by atoms with Crippen LogP contribution in [0.2, 0.25) is 10.0 Å².